The normalized spacial score (nSPS) is 15.6. The van der Waals surface area contributed by atoms with Crippen molar-refractivity contribution in [3.05, 3.63) is 96.3 Å². The minimum absolute atomic E-state index is 0.102. The van der Waals surface area contributed by atoms with Crippen molar-refractivity contribution in [2.75, 3.05) is 4.90 Å². The average molecular weight is 440 g/mol. The van der Waals surface area contributed by atoms with Crippen LogP contribution in [0.2, 0.25) is 5.02 Å². The van der Waals surface area contributed by atoms with Crippen LogP contribution < -0.4 is 10.3 Å². The fraction of sp³-hybridized carbons (Fsp3) is 0.0500. The van der Waals surface area contributed by atoms with Crippen LogP contribution in [0.1, 0.15) is 27.7 Å². The summed E-state index contributed by atoms with van der Waals surface area (Å²) in [5.74, 6) is -0.646. The number of benzene rings is 2. The van der Waals surface area contributed by atoms with Gasteiger partial charge in [0.1, 0.15) is 5.58 Å². The Morgan fingerprint density at radius 2 is 2.03 bits per heavy atom. The molecule has 30 heavy (non-hydrogen) atoms. The molecule has 5 rings (SSSR count). The molecular formula is C20H10ClN3O5S. The molecule has 0 N–H and O–H groups in total. The number of carbonyl (C=O) groups excluding carboxylic acids is 1. The van der Waals surface area contributed by atoms with Crippen molar-refractivity contribution in [2.45, 2.75) is 6.04 Å². The molecule has 1 aliphatic rings. The number of hydrogen-bond donors (Lipinski definition) is 0. The molecule has 10 heteroatoms. The molecule has 1 amide bonds. The molecule has 0 aliphatic carbocycles. The highest BCUT2D eigenvalue weighted by atomic mass is 35.5. The number of anilines is 1. The molecule has 3 heterocycles. The Bertz CT molecular complexity index is 1400. The Morgan fingerprint density at radius 1 is 1.20 bits per heavy atom. The molecular weight excluding hydrogens is 430 g/mol. The standard InChI is InChI=1S/C20H10ClN3O5S/c21-11-4-5-14-13(9-11)17(25)15-16(10-2-1-3-12(8-10)24(27)28)23(19(26)18(15)29-14)20-22-6-7-30-20/h1-9,16H/t16-/m0/s1. The molecule has 1 aliphatic heterocycles. The summed E-state index contributed by atoms with van der Waals surface area (Å²) in [4.78, 5) is 42.9. The summed E-state index contributed by atoms with van der Waals surface area (Å²) in [6.45, 7) is 0. The summed E-state index contributed by atoms with van der Waals surface area (Å²) in [7, 11) is 0. The Balaban J connectivity index is 1.83. The van der Waals surface area contributed by atoms with E-state index in [1.807, 2.05) is 0 Å². The smallest absolute Gasteiger partial charge is 0.297 e. The van der Waals surface area contributed by atoms with E-state index in [2.05, 4.69) is 4.98 Å². The lowest BCUT2D eigenvalue weighted by Gasteiger charge is -2.22. The van der Waals surface area contributed by atoms with Crippen molar-refractivity contribution in [2.24, 2.45) is 0 Å². The molecule has 0 saturated carbocycles. The molecule has 2 aromatic heterocycles. The van der Waals surface area contributed by atoms with Gasteiger partial charge in [-0.2, -0.15) is 0 Å². The van der Waals surface area contributed by atoms with Gasteiger partial charge in [-0.15, -0.1) is 11.3 Å². The number of halogens is 1. The number of rotatable bonds is 3. The maximum atomic E-state index is 13.4. The molecule has 4 aromatic rings. The highest BCUT2D eigenvalue weighted by Gasteiger charge is 2.45. The number of fused-ring (bicyclic) bond motifs is 2. The van der Waals surface area contributed by atoms with Gasteiger partial charge in [-0.3, -0.25) is 24.6 Å². The summed E-state index contributed by atoms with van der Waals surface area (Å²) in [5.41, 5.74) is 0.166. The summed E-state index contributed by atoms with van der Waals surface area (Å²) in [5, 5.41) is 13.9. The van der Waals surface area contributed by atoms with E-state index in [1.165, 1.54) is 52.8 Å². The highest BCUT2D eigenvalue weighted by Crippen LogP contribution is 2.42. The van der Waals surface area contributed by atoms with Crippen LogP contribution in [0.5, 0.6) is 0 Å². The van der Waals surface area contributed by atoms with Gasteiger partial charge in [0.2, 0.25) is 5.76 Å². The zero-order valence-electron chi connectivity index (χ0n) is 14.9. The first kappa shape index (κ1) is 18.5. The number of aromatic nitrogens is 1. The quantitative estimate of drug-likeness (QED) is 0.342. The average Bonchev–Trinajstić information content (AvgIpc) is 3.35. The maximum absolute atomic E-state index is 13.4. The van der Waals surface area contributed by atoms with Crippen LogP contribution in [0.3, 0.4) is 0 Å². The van der Waals surface area contributed by atoms with E-state index in [1.54, 1.807) is 17.5 Å². The number of non-ortho nitro benzene ring substituents is 1. The van der Waals surface area contributed by atoms with Crippen molar-refractivity contribution < 1.29 is 14.1 Å². The van der Waals surface area contributed by atoms with E-state index < -0.39 is 22.3 Å². The Hall–Kier alpha value is -3.56. The Morgan fingerprint density at radius 3 is 2.77 bits per heavy atom. The van der Waals surface area contributed by atoms with E-state index in [9.17, 15) is 19.7 Å². The molecule has 8 nitrogen and oxygen atoms in total. The summed E-state index contributed by atoms with van der Waals surface area (Å²) < 4.78 is 5.80. The number of nitrogens with zero attached hydrogens (tertiary/aromatic N) is 3. The van der Waals surface area contributed by atoms with Crippen LogP contribution in [0, 0.1) is 10.1 Å². The van der Waals surface area contributed by atoms with Crippen LogP contribution >= 0.6 is 22.9 Å². The molecule has 0 unspecified atom stereocenters. The van der Waals surface area contributed by atoms with Crippen molar-refractivity contribution >= 4 is 50.6 Å². The first-order chi connectivity index (χ1) is 14.5. The first-order valence-electron chi connectivity index (χ1n) is 8.69. The van der Waals surface area contributed by atoms with Crippen molar-refractivity contribution in [1.82, 2.24) is 4.98 Å². The van der Waals surface area contributed by atoms with Gasteiger partial charge in [0.15, 0.2) is 10.6 Å². The van der Waals surface area contributed by atoms with Gasteiger partial charge in [0, 0.05) is 28.7 Å². The monoisotopic (exact) mass is 439 g/mol. The molecule has 0 saturated heterocycles. The van der Waals surface area contributed by atoms with Gasteiger partial charge in [0.25, 0.3) is 11.6 Å². The molecule has 1 atom stereocenters. The minimum atomic E-state index is -0.918. The van der Waals surface area contributed by atoms with Crippen molar-refractivity contribution in [3.63, 3.8) is 0 Å². The van der Waals surface area contributed by atoms with Crippen LogP contribution in [0.4, 0.5) is 10.8 Å². The first-order valence-corrected chi connectivity index (χ1v) is 9.95. The highest BCUT2D eigenvalue weighted by molar-refractivity contribution is 7.13. The second-order valence-electron chi connectivity index (χ2n) is 6.56. The minimum Gasteiger partial charge on any atom is -0.450 e. The largest absolute Gasteiger partial charge is 0.450 e. The second-order valence-corrected chi connectivity index (χ2v) is 7.87. The summed E-state index contributed by atoms with van der Waals surface area (Å²) >= 11 is 7.26. The molecule has 0 fully saturated rings. The zero-order valence-corrected chi connectivity index (χ0v) is 16.5. The second kappa shape index (κ2) is 6.75. The lowest BCUT2D eigenvalue weighted by molar-refractivity contribution is -0.384. The predicted octanol–water partition coefficient (Wildman–Crippen LogP) is 4.56. The predicted molar refractivity (Wildman–Crippen MR) is 111 cm³/mol. The van der Waals surface area contributed by atoms with Gasteiger partial charge in [-0.05, 0) is 23.8 Å². The maximum Gasteiger partial charge on any atom is 0.297 e. The van der Waals surface area contributed by atoms with Crippen LogP contribution in [0.25, 0.3) is 11.0 Å². The molecule has 0 spiro atoms. The lowest BCUT2D eigenvalue weighted by Crippen LogP contribution is -2.29. The number of thiazole rings is 1. The number of carbonyl (C=O) groups is 1. The fourth-order valence-electron chi connectivity index (χ4n) is 3.60. The van der Waals surface area contributed by atoms with Gasteiger partial charge in [-0.25, -0.2) is 4.98 Å². The van der Waals surface area contributed by atoms with Crippen molar-refractivity contribution in [3.8, 4) is 0 Å². The third-order valence-electron chi connectivity index (χ3n) is 4.85. The van der Waals surface area contributed by atoms with Gasteiger partial charge < -0.3 is 4.42 Å². The van der Waals surface area contributed by atoms with E-state index in [0.29, 0.717) is 15.7 Å². The van der Waals surface area contributed by atoms with E-state index in [-0.39, 0.29) is 28.0 Å². The summed E-state index contributed by atoms with van der Waals surface area (Å²) in [6, 6.07) is 9.48. The van der Waals surface area contributed by atoms with E-state index in [4.69, 9.17) is 16.0 Å². The Labute approximate surface area is 177 Å². The molecule has 2 aromatic carbocycles. The number of nitro groups is 1. The fourth-order valence-corrected chi connectivity index (χ4v) is 4.44. The Kier molecular flexibility index (Phi) is 4.16. The molecule has 148 valence electrons. The zero-order chi connectivity index (χ0) is 21.0. The van der Waals surface area contributed by atoms with E-state index >= 15 is 0 Å². The third kappa shape index (κ3) is 2.71. The molecule has 0 bridgehead atoms. The van der Waals surface area contributed by atoms with E-state index in [0.717, 1.165) is 0 Å². The topological polar surface area (TPSA) is 107 Å². The lowest BCUT2D eigenvalue weighted by atomic mass is 9.98. The van der Waals surface area contributed by atoms with Crippen LogP contribution in [0.15, 0.2) is 63.3 Å². The number of amides is 1. The summed E-state index contributed by atoms with van der Waals surface area (Å²) in [6.07, 6.45) is 1.53. The number of hydrogen-bond acceptors (Lipinski definition) is 7. The SMILES string of the molecule is O=C1c2oc3ccc(Cl)cc3c(=O)c2[C@H](c2cccc([N+](=O)[O-])c2)N1c1nccs1. The van der Waals surface area contributed by atoms with Crippen molar-refractivity contribution in [1.29, 1.82) is 0 Å². The molecule has 0 radical (unpaired) electrons. The van der Waals surface area contributed by atoms with Crippen LogP contribution in [-0.2, 0) is 0 Å². The van der Waals surface area contributed by atoms with Crippen LogP contribution in [-0.4, -0.2) is 15.8 Å². The van der Waals surface area contributed by atoms with Gasteiger partial charge in [-0.1, -0.05) is 23.7 Å². The third-order valence-corrected chi connectivity index (χ3v) is 5.86. The number of nitro benzene ring substituents is 1. The van der Waals surface area contributed by atoms with Gasteiger partial charge in [0.05, 0.1) is 21.9 Å². The van der Waals surface area contributed by atoms with Gasteiger partial charge >= 0.3 is 0 Å².